The van der Waals surface area contributed by atoms with Crippen molar-refractivity contribution in [3.8, 4) is 0 Å². The Morgan fingerprint density at radius 3 is 1.28 bits per heavy atom. The summed E-state index contributed by atoms with van der Waals surface area (Å²) in [4.78, 5) is 44.0. The van der Waals surface area contributed by atoms with Gasteiger partial charge in [-0.25, -0.2) is 4.79 Å². The quantitative estimate of drug-likeness (QED) is 0.284. The third-order valence-electron chi connectivity index (χ3n) is 1.08. The van der Waals surface area contributed by atoms with Crippen LogP contribution in [0, 0.1) is 0 Å². The van der Waals surface area contributed by atoms with Gasteiger partial charge in [-0.15, -0.1) is 0 Å². The van der Waals surface area contributed by atoms with Crippen molar-refractivity contribution >= 4 is 31.9 Å². The van der Waals surface area contributed by atoms with Crippen LogP contribution in [0.5, 0.6) is 0 Å². The van der Waals surface area contributed by atoms with E-state index in [0.29, 0.717) is 0 Å². The fourth-order valence-corrected chi connectivity index (χ4v) is 0.755. The largest absolute Gasteiger partial charge is 1.00 e. The van der Waals surface area contributed by atoms with Crippen LogP contribution in [-0.4, -0.2) is 37.9 Å². The summed E-state index contributed by atoms with van der Waals surface area (Å²) in [7, 11) is -0.874. The molecule has 0 radical (unpaired) electrons. The minimum atomic E-state index is -2.77. The SMILES string of the molecule is [BH3-]OC(=O)C(OC(C)=O)(OC(C)=O)OC(C)=O.[Na+]. The van der Waals surface area contributed by atoms with Crippen molar-refractivity contribution in [2.75, 3.05) is 0 Å². The number of carbonyl (C=O) groups is 4. The van der Waals surface area contributed by atoms with Crippen LogP contribution in [0.25, 0.3) is 0 Å². The number of carbonyl (C=O) groups excluding carboxylic acids is 4. The van der Waals surface area contributed by atoms with E-state index in [-0.39, 0.29) is 29.6 Å². The summed E-state index contributed by atoms with van der Waals surface area (Å²) in [5.41, 5.74) is 0. The molecule has 0 aliphatic rings. The van der Waals surface area contributed by atoms with Crippen LogP contribution >= 0.6 is 0 Å². The second-order valence-electron chi connectivity index (χ2n) is 2.62. The predicted molar refractivity (Wildman–Crippen MR) is 54.1 cm³/mol. The predicted octanol–water partition coefficient (Wildman–Crippen LogP) is -4.84. The Balaban J connectivity index is 0. The third-order valence-corrected chi connectivity index (χ3v) is 1.08. The van der Waals surface area contributed by atoms with Crippen LogP contribution in [0.2, 0.25) is 0 Å². The van der Waals surface area contributed by atoms with Gasteiger partial charge in [-0.05, 0) is 0 Å². The molecule has 0 amide bonds. The van der Waals surface area contributed by atoms with E-state index in [0.717, 1.165) is 20.8 Å². The zero-order valence-electron chi connectivity index (χ0n) is 9.77. The topological polar surface area (TPSA) is 105 Å². The van der Waals surface area contributed by atoms with Gasteiger partial charge in [0.1, 0.15) is 8.05 Å². The van der Waals surface area contributed by atoms with Gasteiger partial charge in [-0.1, -0.05) is 0 Å². The molecular formula is C8H12BNaO8. The van der Waals surface area contributed by atoms with Crippen molar-refractivity contribution in [3.63, 3.8) is 0 Å². The molecule has 0 aromatic heterocycles. The summed E-state index contributed by atoms with van der Waals surface area (Å²) in [6.45, 7) is 2.87. The second-order valence-corrected chi connectivity index (χ2v) is 2.62. The average Bonchev–Trinajstić information content (AvgIpc) is 2.12. The zero-order valence-corrected chi connectivity index (χ0v) is 11.8. The fraction of sp³-hybridized carbons (Fsp3) is 0.500. The number of ether oxygens (including phenoxy) is 3. The van der Waals surface area contributed by atoms with Crippen LogP contribution in [0.3, 0.4) is 0 Å². The summed E-state index contributed by atoms with van der Waals surface area (Å²) in [6, 6.07) is 0. The summed E-state index contributed by atoms with van der Waals surface area (Å²) in [6.07, 6.45) is 0. The Labute approximate surface area is 126 Å². The minimum Gasteiger partial charge on any atom is -0.688 e. The third kappa shape index (κ3) is 6.03. The molecule has 0 saturated carbocycles. The van der Waals surface area contributed by atoms with E-state index in [1.54, 1.807) is 0 Å². The fourth-order valence-electron chi connectivity index (χ4n) is 0.755. The molecular weight excluding hydrogens is 258 g/mol. The molecule has 0 aromatic rings. The smallest absolute Gasteiger partial charge is 0.688 e. The van der Waals surface area contributed by atoms with Crippen molar-refractivity contribution in [1.82, 2.24) is 0 Å². The van der Waals surface area contributed by atoms with Crippen LogP contribution in [0.4, 0.5) is 0 Å². The maximum absolute atomic E-state index is 11.4. The molecule has 0 spiro atoms. The molecule has 0 saturated heterocycles. The van der Waals surface area contributed by atoms with Crippen LogP contribution in [-0.2, 0) is 38.0 Å². The monoisotopic (exact) mass is 270 g/mol. The molecule has 0 aliphatic heterocycles. The van der Waals surface area contributed by atoms with Gasteiger partial charge in [0.25, 0.3) is 0 Å². The van der Waals surface area contributed by atoms with Crippen LogP contribution < -0.4 is 29.6 Å². The molecule has 18 heavy (non-hydrogen) atoms. The molecule has 0 unspecified atom stereocenters. The molecule has 0 N–H and O–H groups in total. The second kappa shape index (κ2) is 8.12. The molecule has 0 heterocycles. The number of hydrogen-bond acceptors (Lipinski definition) is 8. The van der Waals surface area contributed by atoms with Crippen LogP contribution in [0.1, 0.15) is 20.8 Å². The summed E-state index contributed by atoms with van der Waals surface area (Å²) < 4.78 is 17.9. The number of hydrogen-bond donors (Lipinski definition) is 0. The van der Waals surface area contributed by atoms with E-state index in [4.69, 9.17) is 0 Å². The Hall–Kier alpha value is -1.06. The summed E-state index contributed by atoms with van der Waals surface area (Å²) in [5, 5.41) is 0. The molecule has 0 bridgehead atoms. The van der Waals surface area contributed by atoms with Crippen molar-refractivity contribution < 1.29 is 67.6 Å². The van der Waals surface area contributed by atoms with E-state index in [9.17, 15) is 19.2 Å². The van der Waals surface area contributed by atoms with Crippen LogP contribution in [0.15, 0.2) is 0 Å². The maximum Gasteiger partial charge on any atom is 1.00 e. The Bertz CT molecular complexity index is 314. The standard InChI is InChI=1S/C8H12BO8.Na/c1-4(10)14-8(7(13)17-9,15-5(2)11)16-6(3)12;/h1-3,9H3;/q-1;+1. The molecule has 0 aliphatic carbocycles. The normalized spacial score (nSPS) is 9.56. The van der Waals surface area contributed by atoms with E-state index >= 15 is 0 Å². The molecule has 0 rings (SSSR count). The first-order chi connectivity index (χ1) is 7.73. The average molecular weight is 270 g/mol. The van der Waals surface area contributed by atoms with E-state index < -0.39 is 37.9 Å². The summed E-state index contributed by atoms with van der Waals surface area (Å²) in [5.74, 6) is -6.93. The van der Waals surface area contributed by atoms with Crippen molar-refractivity contribution in [3.05, 3.63) is 0 Å². The first kappa shape index (κ1) is 19.3. The number of rotatable bonds is 4. The van der Waals surface area contributed by atoms with Crippen molar-refractivity contribution in [1.29, 1.82) is 0 Å². The van der Waals surface area contributed by atoms with Gasteiger partial charge in [0.15, 0.2) is 0 Å². The zero-order chi connectivity index (χ0) is 13.6. The summed E-state index contributed by atoms with van der Waals surface area (Å²) >= 11 is 0. The van der Waals surface area contributed by atoms with Crippen molar-refractivity contribution in [2.24, 2.45) is 0 Å². The van der Waals surface area contributed by atoms with E-state index in [1.807, 2.05) is 0 Å². The van der Waals surface area contributed by atoms with Gasteiger partial charge in [0.2, 0.25) is 0 Å². The Morgan fingerprint density at radius 2 is 1.11 bits per heavy atom. The molecule has 0 fully saturated rings. The Morgan fingerprint density at radius 1 is 0.833 bits per heavy atom. The molecule has 0 aromatic carbocycles. The van der Waals surface area contributed by atoms with Gasteiger partial charge in [0, 0.05) is 20.8 Å². The van der Waals surface area contributed by atoms with Gasteiger partial charge < -0.3 is 18.9 Å². The molecule has 96 valence electrons. The van der Waals surface area contributed by atoms with Crippen molar-refractivity contribution in [2.45, 2.75) is 26.7 Å². The Kier molecular flexibility index (Phi) is 8.70. The molecule has 0 atom stereocenters. The van der Waals surface area contributed by atoms with E-state index in [1.165, 1.54) is 0 Å². The van der Waals surface area contributed by atoms with Gasteiger partial charge >= 0.3 is 59.4 Å². The van der Waals surface area contributed by atoms with Gasteiger partial charge in [-0.3, -0.25) is 14.4 Å². The van der Waals surface area contributed by atoms with Gasteiger partial charge in [0.05, 0.1) is 0 Å². The van der Waals surface area contributed by atoms with E-state index in [2.05, 4.69) is 18.9 Å². The van der Waals surface area contributed by atoms with Gasteiger partial charge in [-0.2, -0.15) is 0 Å². The molecule has 8 nitrogen and oxygen atoms in total. The maximum atomic E-state index is 11.4. The molecule has 10 heteroatoms. The first-order valence-electron chi connectivity index (χ1n) is 4.00. The minimum absolute atomic E-state index is 0. The number of esters is 3. The first-order valence-corrected chi connectivity index (χ1v) is 4.00.